The number of nitrogens with two attached hydrogens (primary N) is 1. The molecule has 10 atom stereocenters. The van der Waals surface area contributed by atoms with Crippen LogP contribution in [0.15, 0.2) is 91.0 Å². The molecular formula is C47H60N7O17P. The average Bonchev–Trinajstić information content (AvgIpc) is 3.32. The Kier molecular flexibility index (Phi) is 22.4. The predicted octanol–water partition coefficient (Wildman–Crippen LogP) is 0.0614. The highest BCUT2D eigenvalue weighted by molar-refractivity contribution is 7.51. The average molecular weight is 1030 g/mol. The highest BCUT2D eigenvalue weighted by atomic mass is 31.2. The molecule has 0 aromatic heterocycles. The van der Waals surface area contributed by atoms with Crippen LogP contribution in [0, 0.1) is 0 Å². The summed E-state index contributed by atoms with van der Waals surface area (Å²) in [4.78, 5) is 116. The van der Waals surface area contributed by atoms with Gasteiger partial charge in [0.2, 0.25) is 29.5 Å². The van der Waals surface area contributed by atoms with Crippen molar-refractivity contribution >= 4 is 61.2 Å². The highest BCUT2D eigenvalue weighted by Gasteiger charge is 2.53. The van der Waals surface area contributed by atoms with E-state index in [1.807, 2.05) is 0 Å². The minimum absolute atomic E-state index is 0.0996. The molecule has 3 aromatic carbocycles. The third-order valence-corrected chi connectivity index (χ3v) is 11.9. The van der Waals surface area contributed by atoms with Gasteiger partial charge in [0, 0.05) is 34.1 Å². The number of esters is 3. The maximum absolute atomic E-state index is 15.2. The second-order valence-corrected chi connectivity index (χ2v) is 18.2. The Balaban J connectivity index is 1.76. The minimum atomic E-state index is -5.01. The van der Waals surface area contributed by atoms with Crippen molar-refractivity contribution in [3.8, 4) is 0 Å². The van der Waals surface area contributed by atoms with Crippen molar-refractivity contribution in [2.24, 2.45) is 5.73 Å². The maximum atomic E-state index is 15.2. The fraction of sp³-hybridized carbons (Fsp3) is 0.426. The van der Waals surface area contributed by atoms with Crippen LogP contribution in [0.2, 0.25) is 0 Å². The first-order valence-corrected chi connectivity index (χ1v) is 24.0. The van der Waals surface area contributed by atoms with Crippen molar-refractivity contribution in [3.63, 3.8) is 0 Å². The molecule has 0 spiro atoms. The number of carbonyl (C=O) groups is 9. The van der Waals surface area contributed by atoms with Gasteiger partial charge >= 0.3 is 31.6 Å². The summed E-state index contributed by atoms with van der Waals surface area (Å²) < 4.78 is 49.4. The van der Waals surface area contributed by atoms with Crippen molar-refractivity contribution in [3.05, 3.63) is 108 Å². The molecule has 5 amide bonds. The summed E-state index contributed by atoms with van der Waals surface area (Å²) in [5.41, 5.74) is 8.05. The van der Waals surface area contributed by atoms with E-state index in [0.29, 0.717) is 11.1 Å². The van der Waals surface area contributed by atoms with Crippen LogP contribution in [-0.4, -0.2) is 133 Å². The van der Waals surface area contributed by atoms with Gasteiger partial charge in [-0.1, -0.05) is 91.0 Å². The molecule has 390 valence electrons. The molecule has 1 unspecified atom stereocenters. The van der Waals surface area contributed by atoms with Crippen LogP contribution < -0.4 is 37.4 Å². The van der Waals surface area contributed by atoms with E-state index in [2.05, 4.69) is 31.7 Å². The van der Waals surface area contributed by atoms with Crippen LogP contribution >= 0.6 is 7.75 Å². The number of amides is 5. The van der Waals surface area contributed by atoms with Gasteiger partial charge in [0.15, 0.2) is 12.2 Å². The predicted molar refractivity (Wildman–Crippen MR) is 252 cm³/mol. The summed E-state index contributed by atoms with van der Waals surface area (Å²) >= 11 is 0. The third kappa shape index (κ3) is 19.3. The van der Waals surface area contributed by atoms with Gasteiger partial charge in [0.1, 0.15) is 49.7 Å². The van der Waals surface area contributed by atoms with Crippen molar-refractivity contribution in [2.45, 2.75) is 109 Å². The van der Waals surface area contributed by atoms with Gasteiger partial charge in [-0.2, -0.15) is 5.09 Å². The number of benzene rings is 3. The van der Waals surface area contributed by atoms with Crippen LogP contribution in [0.1, 0.15) is 51.3 Å². The lowest BCUT2D eigenvalue weighted by molar-refractivity contribution is -0.225. The van der Waals surface area contributed by atoms with Crippen molar-refractivity contribution < 1.29 is 80.8 Å². The number of rotatable bonds is 26. The smallest absolute Gasteiger partial charge is 0.408 e. The van der Waals surface area contributed by atoms with Gasteiger partial charge in [0.05, 0.1) is 19.3 Å². The summed E-state index contributed by atoms with van der Waals surface area (Å²) in [6.45, 7) is 2.52. The number of hydrogen-bond donors (Lipinski definition) is 8. The third-order valence-electron chi connectivity index (χ3n) is 10.4. The Hall–Kier alpha value is -7.08. The molecule has 0 radical (unpaired) electrons. The van der Waals surface area contributed by atoms with Crippen LogP contribution in [-0.2, 0) is 95.2 Å². The molecule has 1 aliphatic heterocycles. The Morgan fingerprint density at radius 3 is 1.74 bits per heavy atom. The van der Waals surface area contributed by atoms with Gasteiger partial charge in [0.25, 0.3) is 0 Å². The zero-order valence-corrected chi connectivity index (χ0v) is 41.0. The molecule has 72 heavy (non-hydrogen) atoms. The molecule has 0 saturated carbocycles. The summed E-state index contributed by atoms with van der Waals surface area (Å²) in [5.74, 6) is -8.50. The number of carbonyl (C=O) groups excluding carboxylic acids is 8. The highest BCUT2D eigenvalue weighted by Crippen LogP contribution is 2.47. The van der Waals surface area contributed by atoms with E-state index in [1.54, 1.807) is 91.0 Å². The van der Waals surface area contributed by atoms with E-state index in [1.165, 1.54) is 6.92 Å². The van der Waals surface area contributed by atoms with Crippen LogP contribution in [0.5, 0.6) is 0 Å². The van der Waals surface area contributed by atoms with Crippen molar-refractivity contribution in [2.75, 3.05) is 19.8 Å². The summed E-state index contributed by atoms with van der Waals surface area (Å²) in [6.07, 6.45) is -6.44. The van der Waals surface area contributed by atoms with E-state index in [0.717, 1.165) is 33.3 Å². The zero-order valence-electron chi connectivity index (χ0n) is 40.1. The molecule has 4 rings (SSSR count). The Bertz CT molecular complexity index is 2400. The molecule has 3 aromatic rings. The largest absolute Gasteiger partial charge is 0.480 e. The van der Waals surface area contributed by atoms with Gasteiger partial charge in [-0.3, -0.25) is 52.2 Å². The lowest BCUT2D eigenvalue weighted by Gasteiger charge is -2.45. The molecular weight excluding hydrogens is 966 g/mol. The van der Waals surface area contributed by atoms with Crippen LogP contribution in [0.4, 0.5) is 0 Å². The molecule has 9 N–H and O–H groups in total. The van der Waals surface area contributed by atoms with Gasteiger partial charge in [-0.15, -0.1) is 0 Å². The van der Waals surface area contributed by atoms with E-state index in [4.69, 9.17) is 38.8 Å². The number of carboxylic acids is 1. The quantitative estimate of drug-likeness (QED) is 0.0299. The number of carboxylic acid groups (broad SMARTS) is 1. The lowest BCUT2D eigenvalue weighted by Crippen LogP contribution is -2.68. The topological polar surface area (TPSA) is 345 Å². The molecule has 1 heterocycles. The maximum Gasteiger partial charge on any atom is 0.408 e. The van der Waals surface area contributed by atoms with E-state index in [9.17, 15) is 43.2 Å². The number of nitrogens with one attached hydrogen (secondary N) is 6. The lowest BCUT2D eigenvalue weighted by atomic mass is 9.95. The molecule has 25 heteroatoms. The molecule has 0 bridgehead atoms. The number of aliphatic carboxylic acids is 1. The van der Waals surface area contributed by atoms with Crippen molar-refractivity contribution in [1.82, 2.24) is 31.7 Å². The van der Waals surface area contributed by atoms with Crippen LogP contribution in [0.25, 0.3) is 0 Å². The Morgan fingerprint density at radius 1 is 0.667 bits per heavy atom. The van der Waals surface area contributed by atoms with Gasteiger partial charge < -0.3 is 56.4 Å². The Labute approximate surface area is 414 Å². The number of ether oxygens (including phenoxy) is 4. The second kappa shape index (κ2) is 28.1. The molecule has 1 fully saturated rings. The second-order valence-electron chi connectivity index (χ2n) is 16.4. The van der Waals surface area contributed by atoms with E-state index >= 15 is 4.57 Å². The van der Waals surface area contributed by atoms with Crippen LogP contribution in [0.3, 0.4) is 0 Å². The number of hydrogen-bond acceptors (Lipinski definition) is 17. The zero-order chi connectivity index (χ0) is 53.0. The fourth-order valence-corrected chi connectivity index (χ4v) is 8.49. The SMILES string of the molecule is CC(=O)N[C@@H]1[C@@H](OC(C)=O)[C@H](OC(C)=O)[C@@H](COC(C)=O)O[C@H]1NP(=O)(OCc1ccccc1)OC[C@H](NC(=O)[C@H](Cc1ccccc1)NC(=O)[C@@H](N)Cc1ccccc1)C(=O)N[C@@H](C)C(=O)NCC(=O)O. The van der Waals surface area contributed by atoms with E-state index in [-0.39, 0.29) is 12.8 Å². The normalized spacial score (nSPS) is 19.8. The molecule has 1 aliphatic rings. The fourth-order valence-electron chi connectivity index (χ4n) is 7.07. The summed E-state index contributed by atoms with van der Waals surface area (Å²) in [7, 11) is -5.01. The monoisotopic (exact) mass is 1030 g/mol. The van der Waals surface area contributed by atoms with E-state index < -0.39 is 142 Å². The Morgan fingerprint density at radius 2 is 1.19 bits per heavy atom. The first kappa shape index (κ1) is 57.5. The summed E-state index contributed by atoms with van der Waals surface area (Å²) in [5, 5.41) is 23.8. The minimum Gasteiger partial charge on any atom is -0.480 e. The summed E-state index contributed by atoms with van der Waals surface area (Å²) in [6, 6.07) is 18.1. The molecule has 0 aliphatic carbocycles. The van der Waals surface area contributed by atoms with Crippen molar-refractivity contribution in [1.29, 1.82) is 0 Å². The molecule has 24 nitrogen and oxygen atoms in total. The van der Waals surface area contributed by atoms with Gasteiger partial charge in [-0.25, -0.2) is 4.57 Å². The van der Waals surface area contributed by atoms with Gasteiger partial charge in [-0.05, 0) is 30.0 Å². The molecule has 1 saturated heterocycles. The first-order valence-electron chi connectivity index (χ1n) is 22.5. The standard InChI is InChI=1S/C47H60N7O17P/c1-27(43(61)49-23-39(59)60)50-46(64)37(53-45(63)36(22-33-17-11-7-12-18-33)52-44(62)35(48)21-32-15-9-6-10-16-32)25-68-72(65,67-24-34-19-13-8-14-20-34)54-47-40(51-28(2)55)42(70-31(5)58)41(69-30(4)57)38(71-47)26-66-29(3)56/h6-20,27,35-38,40-42,47H,21-26,48H2,1-5H3,(H,49,61)(H,50,64)(H,51,55)(H,52,62)(H,53,63)(H,54,65)(H,59,60)/t27-,35-,36-,37-,38+,40+,41+,42+,47+,72?/m0/s1. The first-order chi connectivity index (χ1) is 34.1.